The molecule has 0 amide bonds. The number of halogens is 2. The van der Waals surface area contributed by atoms with Gasteiger partial charge in [-0.05, 0) is 54.3 Å². The maximum absolute atomic E-state index is 12.1. The van der Waals surface area contributed by atoms with Crippen LogP contribution < -0.4 is 9.47 Å². The highest BCUT2D eigenvalue weighted by molar-refractivity contribution is 6.41. The van der Waals surface area contributed by atoms with E-state index in [0.29, 0.717) is 17.9 Å². The number of carbonyl (C=O) groups excluding carboxylic acids is 1. The molecule has 0 aliphatic carbocycles. The molecule has 0 saturated carbocycles. The Morgan fingerprint density at radius 3 is 2.38 bits per heavy atom. The van der Waals surface area contributed by atoms with Crippen molar-refractivity contribution in [2.45, 2.75) is 49.9 Å². The predicted molar refractivity (Wildman–Crippen MR) is 144 cm³/mol. The third-order valence-electron chi connectivity index (χ3n) is 7.41. The van der Waals surface area contributed by atoms with E-state index in [1.165, 1.54) is 22.3 Å². The van der Waals surface area contributed by atoms with Gasteiger partial charge in [-0.1, -0.05) is 12.1 Å². The molecule has 1 aliphatic heterocycles. The van der Waals surface area contributed by atoms with Gasteiger partial charge in [-0.15, -0.1) is 23.2 Å². The molecular formula is C28H36Cl2NO6+. The Morgan fingerprint density at radius 2 is 1.73 bits per heavy atom. The third-order valence-corrected chi connectivity index (χ3v) is 8.41. The molecule has 0 spiro atoms. The number of methoxy groups -OCH3 is 2. The van der Waals surface area contributed by atoms with E-state index >= 15 is 0 Å². The molecule has 0 saturated heterocycles. The van der Waals surface area contributed by atoms with E-state index in [0.717, 1.165) is 36.0 Å². The molecule has 9 heteroatoms. The Morgan fingerprint density at radius 1 is 1.05 bits per heavy atom. The van der Waals surface area contributed by atoms with Crippen molar-refractivity contribution < 1.29 is 33.4 Å². The monoisotopic (exact) mass is 552 g/mol. The molecule has 0 fully saturated rings. The van der Waals surface area contributed by atoms with Gasteiger partial charge in [-0.2, -0.15) is 0 Å². The number of ether oxygens (including phenoxy) is 3. The summed E-state index contributed by atoms with van der Waals surface area (Å²) in [6.45, 7) is 6.15. The number of likely N-dealkylation sites (N-methyl/N-ethyl adjacent to an activating group) is 1. The Labute approximate surface area is 228 Å². The zero-order chi connectivity index (χ0) is 27.3. The summed E-state index contributed by atoms with van der Waals surface area (Å²) in [4.78, 5) is 23.1. The number of hydrogen-bond acceptors (Lipinski definition) is 5. The highest BCUT2D eigenvalue weighted by Crippen LogP contribution is 2.40. The lowest BCUT2D eigenvalue weighted by Gasteiger charge is -2.46. The van der Waals surface area contributed by atoms with Crippen LogP contribution in [0.2, 0.25) is 0 Å². The number of hydrogen-bond donors (Lipinski definition) is 1. The first-order chi connectivity index (χ1) is 17.5. The Kier molecular flexibility index (Phi) is 9.73. The topological polar surface area (TPSA) is 82.1 Å². The van der Waals surface area contributed by atoms with Crippen molar-refractivity contribution in [1.29, 1.82) is 0 Å². The van der Waals surface area contributed by atoms with Crippen LogP contribution in [0.25, 0.3) is 0 Å². The average molecular weight is 554 g/mol. The van der Waals surface area contributed by atoms with E-state index in [1.54, 1.807) is 14.2 Å². The fraction of sp³-hybridized carbons (Fsp3) is 0.500. The van der Waals surface area contributed by atoms with E-state index in [-0.39, 0.29) is 12.6 Å². The molecule has 202 valence electrons. The van der Waals surface area contributed by atoms with Crippen LogP contribution in [-0.4, -0.2) is 73.2 Å². The molecule has 1 heterocycles. The zero-order valence-corrected chi connectivity index (χ0v) is 23.6. The zero-order valence-electron chi connectivity index (χ0n) is 22.1. The molecule has 0 aromatic heterocycles. The van der Waals surface area contributed by atoms with Crippen molar-refractivity contribution in [3.63, 3.8) is 0 Å². The lowest BCUT2D eigenvalue weighted by atomic mass is 9.84. The van der Waals surface area contributed by atoms with Gasteiger partial charge in [0.25, 0.3) is 0 Å². The SMILES string of the molecule is COc1ccc(C[C@@H]2c3cc(C)c(C)cc3CC[N@@+]2(C)CCCOC(=O)C(Cl)C(Cl)C(=O)O)cc1OC. The summed E-state index contributed by atoms with van der Waals surface area (Å²) >= 11 is 11.5. The minimum atomic E-state index is -1.53. The van der Waals surface area contributed by atoms with Gasteiger partial charge in [0.05, 0.1) is 41.0 Å². The number of carboxylic acid groups (broad SMARTS) is 1. The molecule has 0 radical (unpaired) electrons. The van der Waals surface area contributed by atoms with Crippen molar-refractivity contribution in [1.82, 2.24) is 0 Å². The number of carbonyl (C=O) groups is 2. The number of rotatable bonds is 11. The Balaban J connectivity index is 1.80. The Hall–Kier alpha value is -2.48. The number of aliphatic carboxylic acids is 1. The molecule has 4 atom stereocenters. The number of alkyl halides is 2. The van der Waals surface area contributed by atoms with Gasteiger partial charge in [0.15, 0.2) is 22.3 Å². The number of fused-ring (bicyclic) bond motifs is 1. The van der Waals surface area contributed by atoms with Gasteiger partial charge in [-0.25, -0.2) is 0 Å². The maximum atomic E-state index is 12.1. The molecule has 3 rings (SSSR count). The number of aryl methyl sites for hydroxylation is 2. The van der Waals surface area contributed by atoms with Crippen molar-refractivity contribution in [2.24, 2.45) is 0 Å². The van der Waals surface area contributed by atoms with Gasteiger partial charge in [0.1, 0.15) is 6.04 Å². The molecule has 2 aromatic carbocycles. The second kappa shape index (κ2) is 12.4. The van der Waals surface area contributed by atoms with Gasteiger partial charge in [0, 0.05) is 24.8 Å². The van der Waals surface area contributed by atoms with Crippen LogP contribution in [0.1, 0.15) is 40.3 Å². The molecule has 2 aromatic rings. The lowest BCUT2D eigenvalue weighted by molar-refractivity contribution is -0.941. The first kappa shape index (κ1) is 29.1. The number of nitrogens with zero attached hydrogens (tertiary/aromatic N) is 1. The summed E-state index contributed by atoms with van der Waals surface area (Å²) in [5.41, 5.74) is 6.43. The fourth-order valence-corrected chi connectivity index (χ4v) is 5.32. The molecule has 37 heavy (non-hydrogen) atoms. The average Bonchev–Trinajstić information content (AvgIpc) is 2.88. The smallest absolute Gasteiger partial charge is 0.326 e. The van der Waals surface area contributed by atoms with Crippen LogP contribution in [0.5, 0.6) is 11.5 Å². The molecule has 1 N–H and O–H groups in total. The highest BCUT2D eigenvalue weighted by Gasteiger charge is 2.39. The van der Waals surface area contributed by atoms with Crippen molar-refractivity contribution in [3.05, 3.63) is 58.1 Å². The second-order valence-corrected chi connectivity index (χ2v) is 10.8. The van der Waals surface area contributed by atoms with Crippen LogP contribution in [0.15, 0.2) is 30.3 Å². The molecular weight excluding hydrogens is 517 g/mol. The van der Waals surface area contributed by atoms with Crippen LogP contribution >= 0.6 is 23.2 Å². The lowest BCUT2D eigenvalue weighted by Crippen LogP contribution is -2.52. The van der Waals surface area contributed by atoms with E-state index in [1.807, 2.05) is 12.1 Å². The minimum absolute atomic E-state index is 0.141. The van der Waals surface area contributed by atoms with Crippen molar-refractivity contribution >= 4 is 35.1 Å². The van der Waals surface area contributed by atoms with E-state index in [4.69, 9.17) is 42.5 Å². The number of esters is 1. The highest BCUT2D eigenvalue weighted by atomic mass is 35.5. The largest absolute Gasteiger partial charge is 0.493 e. The first-order valence-electron chi connectivity index (χ1n) is 12.3. The van der Waals surface area contributed by atoms with E-state index < -0.39 is 22.7 Å². The van der Waals surface area contributed by atoms with E-state index in [9.17, 15) is 9.59 Å². The number of quaternary nitrogens is 1. The maximum Gasteiger partial charge on any atom is 0.326 e. The number of carboxylic acids is 1. The van der Waals surface area contributed by atoms with Gasteiger partial charge >= 0.3 is 11.9 Å². The normalized spacial score (nSPS) is 20.5. The van der Waals surface area contributed by atoms with Crippen LogP contribution in [0.4, 0.5) is 0 Å². The summed E-state index contributed by atoms with van der Waals surface area (Å²) < 4.78 is 17.0. The fourth-order valence-electron chi connectivity index (χ4n) is 5.04. The molecule has 2 unspecified atom stereocenters. The summed E-state index contributed by atoms with van der Waals surface area (Å²) in [5, 5.41) is 6.00. The summed E-state index contributed by atoms with van der Waals surface area (Å²) in [5.74, 6) is -0.775. The van der Waals surface area contributed by atoms with Crippen LogP contribution in [-0.2, 0) is 27.2 Å². The van der Waals surface area contributed by atoms with Gasteiger partial charge in [-0.3, -0.25) is 9.59 Å². The van der Waals surface area contributed by atoms with Crippen molar-refractivity contribution in [2.75, 3.05) is 41.0 Å². The van der Waals surface area contributed by atoms with Gasteiger partial charge < -0.3 is 23.8 Å². The first-order valence-corrected chi connectivity index (χ1v) is 13.2. The Bertz CT molecular complexity index is 1140. The van der Waals surface area contributed by atoms with Crippen LogP contribution in [0.3, 0.4) is 0 Å². The molecule has 0 bridgehead atoms. The molecule has 7 nitrogen and oxygen atoms in total. The van der Waals surface area contributed by atoms with Crippen molar-refractivity contribution in [3.8, 4) is 11.5 Å². The standard InChI is InChI=1S/C28H35Cl2NO6/c1-17-13-20-9-11-31(3,10-6-12-37-28(34)26(30)25(29)27(32)33)22(21(20)14-18(17)2)15-19-7-8-23(35-4)24(16-19)36-5/h7-8,13-14,16,22,25-26H,6,9-12,15H2,1-5H3/p+1/t22-,25?,26?,31-/m1/s1. The number of benzene rings is 2. The summed E-state index contributed by atoms with van der Waals surface area (Å²) in [7, 11) is 5.51. The third kappa shape index (κ3) is 6.70. The summed E-state index contributed by atoms with van der Waals surface area (Å²) in [6.07, 6.45) is 2.38. The quantitative estimate of drug-likeness (QED) is 0.186. The van der Waals surface area contributed by atoms with Gasteiger partial charge in [0.2, 0.25) is 0 Å². The summed E-state index contributed by atoms with van der Waals surface area (Å²) in [6, 6.07) is 10.9. The second-order valence-electron chi connectivity index (χ2n) is 9.88. The predicted octanol–water partition coefficient (Wildman–Crippen LogP) is 4.84. The van der Waals surface area contributed by atoms with Crippen LogP contribution in [0, 0.1) is 13.8 Å². The van der Waals surface area contributed by atoms with E-state index in [2.05, 4.69) is 39.1 Å². The minimum Gasteiger partial charge on any atom is -0.493 e. The molecule has 1 aliphatic rings.